The fraction of sp³-hybridized carbons (Fsp3) is 0.429. The number of benzene rings is 1. The lowest BCUT2D eigenvalue weighted by molar-refractivity contribution is -0.118. The van der Waals surface area contributed by atoms with Crippen molar-refractivity contribution >= 4 is 47.4 Å². The van der Waals surface area contributed by atoms with E-state index < -0.39 is 0 Å². The zero-order chi connectivity index (χ0) is 13.9. The Morgan fingerprint density at radius 1 is 1.43 bits per heavy atom. The van der Waals surface area contributed by atoms with E-state index in [1.165, 1.54) is 0 Å². The number of carbonyl (C=O) groups excluding carboxylic acids is 2. The molecule has 7 heteroatoms. The predicted molar refractivity (Wildman–Crippen MR) is 88.2 cm³/mol. The van der Waals surface area contributed by atoms with E-state index in [9.17, 15) is 9.59 Å². The Morgan fingerprint density at radius 3 is 2.95 bits per heavy atom. The lowest BCUT2D eigenvalue weighted by atomic mass is 10.2. The minimum Gasteiger partial charge on any atom is -0.325 e. The molecular weight excluding hydrogens is 310 g/mol. The molecule has 1 atom stereocenters. The quantitative estimate of drug-likeness (QED) is 0.889. The molecule has 21 heavy (non-hydrogen) atoms. The maximum Gasteiger partial charge on any atom is 0.242 e. The summed E-state index contributed by atoms with van der Waals surface area (Å²) in [6.07, 6.45) is 1.51. The summed E-state index contributed by atoms with van der Waals surface area (Å²) in [5.41, 5.74) is 1.60. The third kappa shape index (κ3) is 3.70. The first-order valence-corrected chi connectivity index (χ1v) is 7.92. The molecule has 0 spiro atoms. The standard InChI is InChI=1S/C14H17N3O2S.ClH/c18-13-5-2-6-17(13)11-4-1-3-10(7-11)16-14(19)12-8-20-9-15-12;/h1,3-4,7,12,15H,2,5-6,8-9H2,(H,16,19);1H. The molecule has 5 nitrogen and oxygen atoms in total. The first-order valence-electron chi connectivity index (χ1n) is 6.76. The molecule has 2 fully saturated rings. The largest absolute Gasteiger partial charge is 0.325 e. The van der Waals surface area contributed by atoms with Gasteiger partial charge in [0, 0.05) is 36.0 Å². The number of thioether (sulfide) groups is 1. The first kappa shape index (κ1) is 16.1. The van der Waals surface area contributed by atoms with Gasteiger partial charge in [0.1, 0.15) is 0 Å². The fourth-order valence-corrected chi connectivity index (χ4v) is 3.41. The van der Waals surface area contributed by atoms with Crippen LogP contribution in [0.25, 0.3) is 0 Å². The molecule has 2 saturated heterocycles. The van der Waals surface area contributed by atoms with E-state index in [1.54, 1.807) is 16.7 Å². The Kier molecular flexibility index (Phi) is 5.50. The molecule has 1 aromatic rings. The van der Waals surface area contributed by atoms with Gasteiger partial charge in [-0.2, -0.15) is 0 Å². The molecule has 2 heterocycles. The van der Waals surface area contributed by atoms with Gasteiger partial charge in [0.15, 0.2) is 0 Å². The minimum absolute atomic E-state index is 0. The Balaban J connectivity index is 0.00000161. The van der Waals surface area contributed by atoms with Gasteiger partial charge in [-0.15, -0.1) is 24.2 Å². The van der Waals surface area contributed by atoms with Crippen LogP contribution in [0.3, 0.4) is 0 Å². The van der Waals surface area contributed by atoms with Crippen molar-refractivity contribution in [2.75, 3.05) is 28.4 Å². The van der Waals surface area contributed by atoms with E-state index in [-0.39, 0.29) is 30.3 Å². The highest BCUT2D eigenvalue weighted by atomic mass is 35.5. The summed E-state index contributed by atoms with van der Waals surface area (Å²) >= 11 is 1.72. The van der Waals surface area contributed by atoms with Crippen LogP contribution in [-0.4, -0.2) is 36.0 Å². The van der Waals surface area contributed by atoms with Crippen LogP contribution in [0.5, 0.6) is 0 Å². The summed E-state index contributed by atoms with van der Waals surface area (Å²) in [7, 11) is 0. The van der Waals surface area contributed by atoms with Crippen molar-refractivity contribution in [1.29, 1.82) is 0 Å². The SMILES string of the molecule is Cl.O=C(Nc1cccc(N2CCCC2=O)c1)C1CSCN1. The number of hydrogen-bond acceptors (Lipinski definition) is 4. The van der Waals surface area contributed by atoms with Gasteiger partial charge in [-0.3, -0.25) is 14.9 Å². The first-order chi connectivity index (χ1) is 9.74. The van der Waals surface area contributed by atoms with Crippen molar-refractivity contribution in [1.82, 2.24) is 5.32 Å². The Labute approximate surface area is 134 Å². The number of amides is 2. The number of hydrogen-bond donors (Lipinski definition) is 2. The Hall–Kier alpha value is -1.24. The maximum atomic E-state index is 12.0. The van der Waals surface area contributed by atoms with E-state index in [1.807, 2.05) is 24.3 Å². The fourth-order valence-electron chi connectivity index (χ4n) is 2.47. The molecule has 2 amide bonds. The smallest absolute Gasteiger partial charge is 0.242 e. The zero-order valence-corrected chi connectivity index (χ0v) is 13.1. The summed E-state index contributed by atoms with van der Waals surface area (Å²) in [4.78, 5) is 25.6. The zero-order valence-electron chi connectivity index (χ0n) is 11.5. The van der Waals surface area contributed by atoms with Crippen LogP contribution in [0.1, 0.15) is 12.8 Å². The third-order valence-corrected chi connectivity index (χ3v) is 4.47. The number of carbonyl (C=O) groups is 2. The normalized spacial score (nSPS) is 21.2. The molecular formula is C14H18ClN3O2S. The van der Waals surface area contributed by atoms with E-state index >= 15 is 0 Å². The summed E-state index contributed by atoms with van der Waals surface area (Å²) in [6, 6.07) is 7.36. The van der Waals surface area contributed by atoms with Gasteiger partial charge in [0.2, 0.25) is 11.8 Å². The molecule has 3 rings (SSSR count). The van der Waals surface area contributed by atoms with Crippen LogP contribution >= 0.6 is 24.2 Å². The van der Waals surface area contributed by atoms with Crippen LogP contribution < -0.4 is 15.5 Å². The Morgan fingerprint density at radius 2 is 2.29 bits per heavy atom. The number of anilines is 2. The molecule has 0 aliphatic carbocycles. The molecule has 2 N–H and O–H groups in total. The van der Waals surface area contributed by atoms with Gasteiger partial charge >= 0.3 is 0 Å². The summed E-state index contributed by atoms with van der Waals surface area (Å²) in [5, 5.41) is 6.05. The number of halogens is 1. The third-order valence-electron chi connectivity index (χ3n) is 3.53. The molecule has 0 aromatic heterocycles. The highest BCUT2D eigenvalue weighted by molar-refractivity contribution is 7.99. The Bertz CT molecular complexity index is 535. The maximum absolute atomic E-state index is 12.0. The summed E-state index contributed by atoms with van der Waals surface area (Å²) in [5.74, 6) is 1.76. The lowest BCUT2D eigenvalue weighted by Gasteiger charge is -2.17. The van der Waals surface area contributed by atoms with E-state index in [2.05, 4.69) is 10.6 Å². The molecule has 0 saturated carbocycles. The second-order valence-electron chi connectivity index (χ2n) is 4.96. The van der Waals surface area contributed by atoms with Gasteiger partial charge in [0.25, 0.3) is 0 Å². The highest BCUT2D eigenvalue weighted by Gasteiger charge is 2.24. The molecule has 1 aromatic carbocycles. The van der Waals surface area contributed by atoms with Crippen LogP contribution in [0.15, 0.2) is 24.3 Å². The van der Waals surface area contributed by atoms with E-state index in [4.69, 9.17) is 0 Å². The van der Waals surface area contributed by atoms with Gasteiger partial charge in [-0.05, 0) is 24.6 Å². The van der Waals surface area contributed by atoms with Crippen LogP contribution in [-0.2, 0) is 9.59 Å². The summed E-state index contributed by atoms with van der Waals surface area (Å²) < 4.78 is 0. The number of rotatable bonds is 3. The number of nitrogens with one attached hydrogen (secondary N) is 2. The van der Waals surface area contributed by atoms with Gasteiger partial charge < -0.3 is 10.2 Å². The molecule has 1 unspecified atom stereocenters. The molecule has 2 aliphatic heterocycles. The van der Waals surface area contributed by atoms with Crippen molar-refractivity contribution in [2.45, 2.75) is 18.9 Å². The monoisotopic (exact) mass is 327 g/mol. The molecule has 0 radical (unpaired) electrons. The second kappa shape index (κ2) is 7.15. The van der Waals surface area contributed by atoms with E-state index in [0.29, 0.717) is 6.42 Å². The summed E-state index contributed by atoms with van der Waals surface area (Å²) in [6.45, 7) is 0.761. The van der Waals surface area contributed by atoms with Crippen molar-refractivity contribution in [2.24, 2.45) is 0 Å². The number of nitrogens with zero attached hydrogens (tertiary/aromatic N) is 1. The van der Waals surface area contributed by atoms with Crippen molar-refractivity contribution in [3.8, 4) is 0 Å². The average molecular weight is 328 g/mol. The van der Waals surface area contributed by atoms with Gasteiger partial charge in [-0.25, -0.2) is 0 Å². The topological polar surface area (TPSA) is 61.4 Å². The van der Waals surface area contributed by atoms with Gasteiger partial charge in [0.05, 0.1) is 6.04 Å². The van der Waals surface area contributed by atoms with Crippen LogP contribution in [0, 0.1) is 0 Å². The second-order valence-corrected chi connectivity index (χ2v) is 5.99. The molecule has 2 aliphatic rings. The molecule has 0 bridgehead atoms. The van der Waals surface area contributed by atoms with Crippen LogP contribution in [0.2, 0.25) is 0 Å². The van der Waals surface area contributed by atoms with Crippen molar-refractivity contribution in [3.05, 3.63) is 24.3 Å². The van der Waals surface area contributed by atoms with Crippen LogP contribution in [0.4, 0.5) is 11.4 Å². The van der Waals surface area contributed by atoms with E-state index in [0.717, 1.165) is 36.0 Å². The van der Waals surface area contributed by atoms with Gasteiger partial charge in [-0.1, -0.05) is 6.07 Å². The lowest BCUT2D eigenvalue weighted by Crippen LogP contribution is -2.37. The average Bonchev–Trinajstić information content (AvgIpc) is 3.10. The minimum atomic E-state index is -0.128. The highest BCUT2D eigenvalue weighted by Crippen LogP contribution is 2.24. The van der Waals surface area contributed by atoms with Crippen molar-refractivity contribution < 1.29 is 9.59 Å². The van der Waals surface area contributed by atoms with Crippen molar-refractivity contribution in [3.63, 3.8) is 0 Å². The predicted octanol–water partition coefficient (Wildman–Crippen LogP) is 1.84. The molecule has 114 valence electrons.